The molecule has 0 saturated heterocycles. The lowest BCUT2D eigenvalue weighted by molar-refractivity contribution is -0.152. The smallest absolute Gasteiger partial charge is 0.347 e. The van der Waals surface area contributed by atoms with Crippen LogP contribution in [0.5, 0.6) is 5.75 Å². The molecule has 1 unspecified atom stereocenters. The fourth-order valence-corrected chi connectivity index (χ4v) is 2.65. The predicted molar refractivity (Wildman–Crippen MR) is 112 cm³/mol. The summed E-state index contributed by atoms with van der Waals surface area (Å²) in [5.74, 6) is -0.246. The zero-order valence-electron chi connectivity index (χ0n) is 15.8. The number of rotatable bonds is 7. The highest BCUT2D eigenvalue weighted by atomic mass is 35.5. The van der Waals surface area contributed by atoms with E-state index in [0.29, 0.717) is 22.0 Å². The van der Waals surface area contributed by atoms with E-state index in [-0.39, 0.29) is 12.5 Å². The molecule has 5 nitrogen and oxygen atoms in total. The summed E-state index contributed by atoms with van der Waals surface area (Å²) in [5.41, 5.74) is 2.02. The minimum absolute atomic E-state index is 0.192. The van der Waals surface area contributed by atoms with Gasteiger partial charge < -0.3 is 14.8 Å². The van der Waals surface area contributed by atoms with Crippen LogP contribution >= 0.6 is 11.6 Å². The van der Waals surface area contributed by atoms with Gasteiger partial charge in [-0.05, 0) is 61.0 Å². The molecule has 3 rings (SSSR count). The summed E-state index contributed by atoms with van der Waals surface area (Å²) in [4.78, 5) is 24.4. The summed E-state index contributed by atoms with van der Waals surface area (Å²) < 4.78 is 10.9. The van der Waals surface area contributed by atoms with Crippen LogP contribution in [0.4, 0.5) is 5.69 Å². The van der Waals surface area contributed by atoms with Crippen LogP contribution in [-0.4, -0.2) is 18.0 Å². The molecule has 0 fully saturated rings. The van der Waals surface area contributed by atoms with Crippen molar-refractivity contribution in [3.05, 3.63) is 95.0 Å². The third kappa shape index (κ3) is 6.09. The van der Waals surface area contributed by atoms with Gasteiger partial charge in [-0.1, -0.05) is 41.9 Å². The Morgan fingerprint density at radius 1 is 0.931 bits per heavy atom. The van der Waals surface area contributed by atoms with Gasteiger partial charge in [0.15, 0.2) is 6.10 Å². The molecule has 29 heavy (non-hydrogen) atoms. The van der Waals surface area contributed by atoms with E-state index in [9.17, 15) is 9.59 Å². The Bertz CT molecular complexity index is 956. The normalized spacial score (nSPS) is 11.4. The third-order valence-electron chi connectivity index (χ3n) is 4.09. The van der Waals surface area contributed by atoms with Gasteiger partial charge in [0.25, 0.3) is 5.91 Å². The highest BCUT2D eigenvalue weighted by Gasteiger charge is 2.17. The lowest BCUT2D eigenvalue weighted by atomic mass is 10.2. The molecule has 0 radical (unpaired) electrons. The molecule has 0 spiro atoms. The number of hydrogen-bond acceptors (Lipinski definition) is 4. The molecule has 0 aliphatic carbocycles. The van der Waals surface area contributed by atoms with Crippen molar-refractivity contribution in [3.8, 4) is 5.75 Å². The molecule has 0 aliphatic heterocycles. The number of nitrogens with one attached hydrogen (secondary N) is 1. The van der Waals surface area contributed by atoms with Crippen LogP contribution < -0.4 is 10.1 Å². The van der Waals surface area contributed by atoms with Gasteiger partial charge in [0, 0.05) is 16.3 Å². The number of anilines is 1. The second-order valence-electron chi connectivity index (χ2n) is 6.34. The molecule has 1 N–H and O–H groups in total. The van der Waals surface area contributed by atoms with Crippen molar-refractivity contribution in [3.63, 3.8) is 0 Å². The van der Waals surface area contributed by atoms with E-state index in [4.69, 9.17) is 21.1 Å². The maximum absolute atomic E-state index is 12.3. The maximum Gasteiger partial charge on any atom is 0.347 e. The summed E-state index contributed by atoms with van der Waals surface area (Å²) in [6.45, 7) is 1.81. The van der Waals surface area contributed by atoms with Crippen molar-refractivity contribution in [2.45, 2.75) is 19.6 Å². The number of halogens is 1. The SMILES string of the molecule is CC(Oc1ccc(C(=O)Nc2ccc(Cl)cc2)cc1)C(=O)OCc1ccccc1. The van der Waals surface area contributed by atoms with Crippen molar-refractivity contribution >= 4 is 29.2 Å². The van der Waals surface area contributed by atoms with Gasteiger partial charge >= 0.3 is 5.97 Å². The Labute approximate surface area is 174 Å². The average molecular weight is 410 g/mol. The molecule has 3 aromatic rings. The van der Waals surface area contributed by atoms with Crippen molar-refractivity contribution in [2.75, 3.05) is 5.32 Å². The number of amides is 1. The highest BCUT2D eigenvalue weighted by molar-refractivity contribution is 6.30. The zero-order valence-corrected chi connectivity index (χ0v) is 16.6. The number of hydrogen-bond donors (Lipinski definition) is 1. The molecule has 3 aromatic carbocycles. The average Bonchev–Trinajstić information content (AvgIpc) is 2.74. The maximum atomic E-state index is 12.3. The quantitative estimate of drug-likeness (QED) is 0.551. The Hall–Kier alpha value is -3.31. The minimum atomic E-state index is -0.771. The molecule has 0 aliphatic rings. The molecular formula is C23H20ClNO4. The van der Waals surface area contributed by atoms with Crippen molar-refractivity contribution in [1.29, 1.82) is 0 Å². The zero-order chi connectivity index (χ0) is 20.6. The lowest BCUT2D eigenvalue weighted by Gasteiger charge is -2.14. The largest absolute Gasteiger partial charge is 0.479 e. The van der Waals surface area contributed by atoms with Gasteiger partial charge in [-0.3, -0.25) is 4.79 Å². The van der Waals surface area contributed by atoms with Crippen LogP contribution in [0.1, 0.15) is 22.8 Å². The van der Waals surface area contributed by atoms with E-state index in [2.05, 4.69) is 5.32 Å². The van der Waals surface area contributed by atoms with Gasteiger partial charge in [0.2, 0.25) is 0 Å². The molecule has 0 bridgehead atoms. The second kappa shape index (κ2) is 9.75. The molecule has 148 valence electrons. The van der Waals surface area contributed by atoms with Crippen LogP contribution in [-0.2, 0) is 16.1 Å². The van der Waals surface area contributed by atoms with Crippen LogP contribution in [0.25, 0.3) is 0 Å². The minimum Gasteiger partial charge on any atom is -0.479 e. The fraction of sp³-hybridized carbons (Fsp3) is 0.130. The predicted octanol–water partition coefficient (Wildman–Crippen LogP) is 5.10. The van der Waals surface area contributed by atoms with Gasteiger partial charge in [-0.2, -0.15) is 0 Å². The third-order valence-corrected chi connectivity index (χ3v) is 4.34. The van der Waals surface area contributed by atoms with Crippen molar-refractivity contribution in [2.24, 2.45) is 0 Å². The number of ether oxygens (including phenoxy) is 2. The van der Waals surface area contributed by atoms with Gasteiger partial charge in [0.1, 0.15) is 12.4 Å². The van der Waals surface area contributed by atoms with Gasteiger partial charge in [-0.15, -0.1) is 0 Å². The van der Waals surface area contributed by atoms with E-state index in [1.807, 2.05) is 30.3 Å². The van der Waals surface area contributed by atoms with Crippen LogP contribution in [0, 0.1) is 0 Å². The number of carbonyl (C=O) groups is 2. The molecular weight excluding hydrogens is 390 g/mol. The molecule has 1 amide bonds. The molecule has 1 atom stereocenters. The van der Waals surface area contributed by atoms with Crippen molar-refractivity contribution in [1.82, 2.24) is 0 Å². The molecule has 0 aromatic heterocycles. The van der Waals surface area contributed by atoms with E-state index >= 15 is 0 Å². The number of esters is 1. The first-order valence-electron chi connectivity index (χ1n) is 9.05. The molecule has 6 heteroatoms. The summed E-state index contributed by atoms with van der Waals surface area (Å²) in [6.07, 6.45) is -0.771. The summed E-state index contributed by atoms with van der Waals surface area (Å²) in [5, 5.41) is 3.38. The van der Waals surface area contributed by atoms with Crippen LogP contribution in [0.2, 0.25) is 5.02 Å². The number of benzene rings is 3. The first-order chi connectivity index (χ1) is 14.0. The van der Waals surface area contributed by atoms with E-state index in [1.54, 1.807) is 55.5 Å². The van der Waals surface area contributed by atoms with E-state index in [0.717, 1.165) is 5.56 Å². The van der Waals surface area contributed by atoms with Crippen LogP contribution in [0.15, 0.2) is 78.9 Å². The highest BCUT2D eigenvalue weighted by Crippen LogP contribution is 2.17. The topological polar surface area (TPSA) is 64.6 Å². The Kier molecular flexibility index (Phi) is 6.87. The fourth-order valence-electron chi connectivity index (χ4n) is 2.52. The Morgan fingerprint density at radius 3 is 2.24 bits per heavy atom. The van der Waals surface area contributed by atoms with E-state index < -0.39 is 12.1 Å². The van der Waals surface area contributed by atoms with Crippen LogP contribution in [0.3, 0.4) is 0 Å². The Morgan fingerprint density at radius 2 is 1.59 bits per heavy atom. The molecule has 0 heterocycles. The Balaban J connectivity index is 1.51. The van der Waals surface area contributed by atoms with Gasteiger partial charge in [0.05, 0.1) is 0 Å². The lowest BCUT2D eigenvalue weighted by Crippen LogP contribution is -2.26. The molecule has 0 saturated carbocycles. The van der Waals surface area contributed by atoms with Gasteiger partial charge in [-0.25, -0.2) is 4.79 Å². The first kappa shape index (κ1) is 20.4. The standard InChI is InChI=1S/C23H20ClNO4/c1-16(23(27)28-15-17-5-3-2-4-6-17)29-21-13-7-18(8-14-21)22(26)25-20-11-9-19(24)10-12-20/h2-14,16H,15H2,1H3,(H,25,26). The van der Waals surface area contributed by atoms with Crippen molar-refractivity contribution < 1.29 is 19.1 Å². The van der Waals surface area contributed by atoms with E-state index in [1.165, 1.54) is 0 Å². The monoisotopic (exact) mass is 409 g/mol. The summed E-state index contributed by atoms with van der Waals surface area (Å²) in [6, 6.07) is 22.8. The number of carbonyl (C=O) groups excluding carboxylic acids is 2. The summed E-state index contributed by atoms with van der Waals surface area (Å²) in [7, 11) is 0. The summed E-state index contributed by atoms with van der Waals surface area (Å²) >= 11 is 5.84. The second-order valence-corrected chi connectivity index (χ2v) is 6.78. The first-order valence-corrected chi connectivity index (χ1v) is 9.43.